The lowest BCUT2D eigenvalue weighted by Gasteiger charge is -2.21. The molecule has 2 aromatic rings. The zero-order valence-corrected chi connectivity index (χ0v) is 13.0. The van der Waals surface area contributed by atoms with Gasteiger partial charge in [0.2, 0.25) is 0 Å². The number of thiazole rings is 1. The Balaban J connectivity index is 1.81. The molecule has 1 aliphatic rings. The maximum Gasteiger partial charge on any atom is 0.273 e. The number of likely N-dealkylation sites (tertiary alicyclic amines) is 1. The number of aromatic nitrogens is 1. The largest absolute Gasteiger partial charge is 0.394 e. The summed E-state index contributed by atoms with van der Waals surface area (Å²) in [6, 6.07) is 3.67. The molecule has 1 aliphatic heterocycles. The highest BCUT2D eigenvalue weighted by Crippen LogP contribution is 2.33. The van der Waals surface area contributed by atoms with Crippen molar-refractivity contribution in [2.24, 2.45) is 0 Å². The van der Waals surface area contributed by atoms with Gasteiger partial charge in [-0.1, -0.05) is 11.6 Å². The van der Waals surface area contributed by atoms with Crippen molar-refractivity contribution in [1.29, 1.82) is 0 Å². The summed E-state index contributed by atoms with van der Waals surface area (Å²) in [6.07, 6.45) is 1.80. The van der Waals surface area contributed by atoms with Crippen LogP contribution >= 0.6 is 34.3 Å². The summed E-state index contributed by atoms with van der Waals surface area (Å²) in [5.74, 6) is -0.0910. The monoisotopic (exact) mass is 328 g/mol. The fourth-order valence-corrected chi connectivity index (χ4v) is 4.26. The second-order valence-corrected chi connectivity index (χ2v) is 7.19. The van der Waals surface area contributed by atoms with Gasteiger partial charge in [-0.05, 0) is 25.0 Å². The van der Waals surface area contributed by atoms with Crippen molar-refractivity contribution < 1.29 is 9.90 Å². The summed E-state index contributed by atoms with van der Waals surface area (Å²) in [6.45, 7) is 0.713. The van der Waals surface area contributed by atoms with Crippen molar-refractivity contribution in [3.8, 4) is 9.88 Å². The SMILES string of the molecule is O=C(c1csc(-c2ccc(Cl)s2)n1)N1CCC[C@@H]1CO. The molecular weight excluding hydrogens is 316 g/mol. The van der Waals surface area contributed by atoms with Crippen molar-refractivity contribution in [2.45, 2.75) is 18.9 Å². The van der Waals surface area contributed by atoms with Gasteiger partial charge >= 0.3 is 0 Å². The summed E-state index contributed by atoms with van der Waals surface area (Å²) in [4.78, 5) is 19.5. The lowest BCUT2D eigenvalue weighted by Crippen LogP contribution is -2.37. The summed E-state index contributed by atoms with van der Waals surface area (Å²) < 4.78 is 0.711. The molecule has 0 spiro atoms. The lowest BCUT2D eigenvalue weighted by molar-refractivity contribution is 0.0672. The van der Waals surface area contributed by atoms with Crippen LogP contribution in [0.1, 0.15) is 23.3 Å². The van der Waals surface area contributed by atoms with E-state index in [1.54, 1.807) is 10.3 Å². The van der Waals surface area contributed by atoms with E-state index in [1.807, 2.05) is 12.1 Å². The fraction of sp³-hybridized carbons (Fsp3) is 0.385. The number of nitrogens with zero attached hydrogens (tertiary/aromatic N) is 2. The fourth-order valence-electron chi connectivity index (χ4n) is 2.35. The van der Waals surface area contributed by atoms with Gasteiger partial charge in [0.15, 0.2) is 0 Å². The van der Waals surface area contributed by atoms with E-state index in [2.05, 4.69) is 4.98 Å². The minimum atomic E-state index is -0.0910. The van der Waals surface area contributed by atoms with E-state index in [1.165, 1.54) is 22.7 Å². The minimum Gasteiger partial charge on any atom is -0.394 e. The molecule has 3 rings (SSSR count). The van der Waals surface area contributed by atoms with Crippen molar-refractivity contribution in [2.75, 3.05) is 13.2 Å². The van der Waals surface area contributed by atoms with E-state index < -0.39 is 0 Å². The van der Waals surface area contributed by atoms with Crippen LogP contribution in [-0.2, 0) is 0 Å². The Kier molecular flexibility index (Phi) is 4.07. The number of amides is 1. The van der Waals surface area contributed by atoms with Crippen LogP contribution in [0.2, 0.25) is 4.34 Å². The highest BCUT2D eigenvalue weighted by Gasteiger charge is 2.30. The highest BCUT2D eigenvalue weighted by atomic mass is 35.5. The predicted octanol–water partition coefficient (Wildman–Crippen LogP) is 3.12. The zero-order chi connectivity index (χ0) is 14.1. The van der Waals surface area contributed by atoms with Gasteiger partial charge in [-0.25, -0.2) is 4.98 Å². The van der Waals surface area contributed by atoms with Gasteiger partial charge in [-0.3, -0.25) is 4.79 Å². The number of thiophene rings is 1. The molecule has 0 saturated carbocycles. The van der Waals surface area contributed by atoms with Crippen molar-refractivity contribution in [3.63, 3.8) is 0 Å². The Bertz CT molecular complexity index is 625. The molecule has 20 heavy (non-hydrogen) atoms. The van der Waals surface area contributed by atoms with Crippen LogP contribution in [0.4, 0.5) is 0 Å². The van der Waals surface area contributed by atoms with Gasteiger partial charge in [-0.15, -0.1) is 22.7 Å². The van der Waals surface area contributed by atoms with Crippen LogP contribution in [0.3, 0.4) is 0 Å². The first kappa shape index (κ1) is 14.0. The second-order valence-electron chi connectivity index (χ2n) is 4.62. The molecule has 1 amide bonds. The maximum absolute atomic E-state index is 12.4. The van der Waals surface area contributed by atoms with Gasteiger partial charge in [-0.2, -0.15) is 0 Å². The van der Waals surface area contributed by atoms with Crippen LogP contribution in [0.25, 0.3) is 9.88 Å². The first-order valence-electron chi connectivity index (χ1n) is 6.32. The zero-order valence-electron chi connectivity index (χ0n) is 10.6. The molecule has 1 atom stereocenters. The first-order valence-corrected chi connectivity index (χ1v) is 8.39. The van der Waals surface area contributed by atoms with Crippen molar-refractivity contribution >= 4 is 40.2 Å². The molecule has 0 aliphatic carbocycles. The molecule has 0 radical (unpaired) electrons. The number of aliphatic hydroxyl groups is 1. The number of aliphatic hydroxyl groups excluding tert-OH is 1. The van der Waals surface area contributed by atoms with Crippen molar-refractivity contribution in [3.05, 3.63) is 27.5 Å². The summed E-state index contributed by atoms with van der Waals surface area (Å²) in [5, 5.41) is 11.9. The number of hydrogen-bond donors (Lipinski definition) is 1. The van der Waals surface area contributed by atoms with Gasteiger partial charge < -0.3 is 10.0 Å². The van der Waals surface area contributed by atoms with Crippen LogP contribution in [-0.4, -0.2) is 40.1 Å². The molecular formula is C13H13ClN2O2S2. The minimum absolute atomic E-state index is 0.0171. The third kappa shape index (κ3) is 2.61. The highest BCUT2D eigenvalue weighted by molar-refractivity contribution is 7.23. The van der Waals surface area contributed by atoms with E-state index in [4.69, 9.17) is 11.6 Å². The van der Waals surface area contributed by atoms with Gasteiger partial charge in [0, 0.05) is 11.9 Å². The lowest BCUT2D eigenvalue weighted by atomic mass is 10.2. The smallest absolute Gasteiger partial charge is 0.273 e. The van der Waals surface area contributed by atoms with E-state index in [0.29, 0.717) is 16.6 Å². The normalized spacial score (nSPS) is 18.7. The Morgan fingerprint density at radius 2 is 2.40 bits per heavy atom. The van der Waals surface area contributed by atoms with Gasteiger partial charge in [0.25, 0.3) is 5.91 Å². The Morgan fingerprint density at radius 1 is 1.55 bits per heavy atom. The van der Waals surface area contributed by atoms with Crippen molar-refractivity contribution in [1.82, 2.24) is 9.88 Å². The van der Waals surface area contributed by atoms with E-state index >= 15 is 0 Å². The molecule has 3 heterocycles. The van der Waals surface area contributed by atoms with Crippen LogP contribution in [0.5, 0.6) is 0 Å². The first-order chi connectivity index (χ1) is 9.69. The average Bonchev–Trinajstić information content (AvgIpc) is 3.17. The van der Waals surface area contributed by atoms with E-state index in [-0.39, 0.29) is 18.6 Å². The number of carbonyl (C=O) groups is 1. The molecule has 7 heteroatoms. The van der Waals surface area contributed by atoms with E-state index in [0.717, 1.165) is 22.7 Å². The summed E-state index contributed by atoms with van der Waals surface area (Å²) in [5.41, 5.74) is 0.454. The molecule has 1 N–H and O–H groups in total. The molecule has 0 aromatic carbocycles. The number of carbonyl (C=O) groups excluding carboxylic acids is 1. The van der Waals surface area contributed by atoms with Gasteiger partial charge in [0.1, 0.15) is 10.7 Å². The quantitative estimate of drug-likeness (QED) is 0.941. The summed E-state index contributed by atoms with van der Waals surface area (Å²) in [7, 11) is 0. The molecule has 4 nitrogen and oxygen atoms in total. The Labute approximate surface area is 129 Å². The topological polar surface area (TPSA) is 53.4 Å². The molecule has 106 valence electrons. The summed E-state index contributed by atoms with van der Waals surface area (Å²) >= 11 is 8.81. The Morgan fingerprint density at radius 3 is 3.10 bits per heavy atom. The van der Waals surface area contributed by atoms with Crippen LogP contribution < -0.4 is 0 Å². The molecule has 2 aromatic heterocycles. The molecule has 0 bridgehead atoms. The van der Waals surface area contributed by atoms with Crippen LogP contribution in [0, 0.1) is 0 Å². The van der Waals surface area contributed by atoms with Gasteiger partial charge in [0.05, 0.1) is 21.9 Å². The third-order valence-corrected chi connectivity index (χ3v) is 5.60. The number of halogens is 1. The average molecular weight is 329 g/mol. The Hall–Kier alpha value is -0.950. The number of hydrogen-bond acceptors (Lipinski definition) is 5. The standard InChI is InChI=1S/C13H13ClN2O2S2/c14-11-4-3-10(20-11)12-15-9(7-19-12)13(18)16-5-1-2-8(16)6-17/h3-4,7-8,17H,1-2,5-6H2/t8-/m1/s1. The predicted molar refractivity (Wildman–Crippen MR) is 81.6 cm³/mol. The number of rotatable bonds is 3. The molecule has 1 fully saturated rings. The second kappa shape index (κ2) is 5.81. The maximum atomic E-state index is 12.4. The molecule has 1 saturated heterocycles. The third-order valence-electron chi connectivity index (χ3n) is 3.36. The van der Waals surface area contributed by atoms with Crippen LogP contribution in [0.15, 0.2) is 17.5 Å². The van der Waals surface area contributed by atoms with E-state index in [9.17, 15) is 9.90 Å². The molecule has 0 unspecified atom stereocenters.